The third-order valence-corrected chi connectivity index (χ3v) is 6.85. The second-order valence-corrected chi connectivity index (χ2v) is 8.62. The fourth-order valence-corrected chi connectivity index (χ4v) is 4.45. The lowest BCUT2D eigenvalue weighted by molar-refractivity contribution is -0.165. The number of fused-ring (bicyclic) bond motifs is 2. The first-order chi connectivity index (χ1) is 13.2. The summed E-state index contributed by atoms with van der Waals surface area (Å²) in [4.78, 5) is 25.8. The molecule has 0 radical (unpaired) electrons. The highest BCUT2D eigenvalue weighted by atomic mass is 35.5. The average molecular weight is 400 g/mol. The SMILES string of the molecule is CC1(C)[C@@]2(C)CC[C@@]1(C(=O)Nc1cc(Cl)ccc1Oc1ccccc1)OC2=O. The summed E-state index contributed by atoms with van der Waals surface area (Å²) in [6.45, 7) is 5.72. The zero-order valence-electron chi connectivity index (χ0n) is 16.0. The predicted octanol–water partition coefficient (Wildman–Crippen LogP) is 5.19. The normalized spacial score (nSPS) is 27.4. The quantitative estimate of drug-likeness (QED) is 0.718. The Balaban J connectivity index is 1.66. The summed E-state index contributed by atoms with van der Waals surface area (Å²) in [5.74, 6) is 0.431. The van der Waals surface area contributed by atoms with Crippen molar-refractivity contribution >= 4 is 29.2 Å². The molecule has 1 aliphatic carbocycles. The van der Waals surface area contributed by atoms with Gasteiger partial charge in [0.05, 0.1) is 11.1 Å². The Morgan fingerprint density at radius 1 is 1.11 bits per heavy atom. The minimum atomic E-state index is -1.20. The van der Waals surface area contributed by atoms with Crippen LogP contribution in [0.1, 0.15) is 33.6 Å². The van der Waals surface area contributed by atoms with Crippen LogP contribution in [0.3, 0.4) is 0 Å². The zero-order chi connectivity index (χ0) is 20.2. The summed E-state index contributed by atoms with van der Waals surface area (Å²) < 4.78 is 11.6. The number of carbonyl (C=O) groups excluding carboxylic acids is 2. The van der Waals surface area contributed by atoms with E-state index in [2.05, 4.69) is 5.32 Å². The van der Waals surface area contributed by atoms with Crippen molar-refractivity contribution in [2.24, 2.45) is 10.8 Å². The molecule has 1 saturated carbocycles. The maximum absolute atomic E-state index is 13.3. The molecule has 5 nitrogen and oxygen atoms in total. The Labute approximate surface area is 169 Å². The average Bonchev–Trinajstić information content (AvgIpc) is 2.95. The van der Waals surface area contributed by atoms with E-state index in [1.807, 2.05) is 51.1 Å². The maximum atomic E-state index is 13.3. The van der Waals surface area contributed by atoms with Crippen LogP contribution >= 0.6 is 11.6 Å². The molecule has 1 saturated heterocycles. The summed E-state index contributed by atoms with van der Waals surface area (Å²) >= 11 is 6.15. The molecule has 1 aliphatic heterocycles. The van der Waals surface area contributed by atoms with Crippen LogP contribution in [0.25, 0.3) is 0 Å². The van der Waals surface area contributed by atoms with Gasteiger partial charge in [-0.1, -0.05) is 43.6 Å². The van der Waals surface area contributed by atoms with Crippen LogP contribution < -0.4 is 10.1 Å². The van der Waals surface area contributed by atoms with Gasteiger partial charge < -0.3 is 14.8 Å². The number of carbonyl (C=O) groups is 2. The molecule has 1 heterocycles. The van der Waals surface area contributed by atoms with Crippen molar-refractivity contribution < 1.29 is 19.1 Å². The molecule has 2 bridgehead atoms. The van der Waals surface area contributed by atoms with Gasteiger partial charge in [-0.15, -0.1) is 0 Å². The number of ether oxygens (including phenoxy) is 2. The van der Waals surface area contributed by atoms with Gasteiger partial charge in [0.15, 0.2) is 11.4 Å². The molecule has 28 heavy (non-hydrogen) atoms. The van der Waals surface area contributed by atoms with Gasteiger partial charge in [-0.25, -0.2) is 0 Å². The smallest absolute Gasteiger partial charge is 0.313 e. The summed E-state index contributed by atoms with van der Waals surface area (Å²) in [6.07, 6.45) is 1.11. The first-order valence-corrected chi connectivity index (χ1v) is 9.65. The van der Waals surface area contributed by atoms with E-state index in [1.54, 1.807) is 18.2 Å². The first kappa shape index (κ1) is 18.8. The highest BCUT2D eigenvalue weighted by Gasteiger charge is 2.75. The van der Waals surface area contributed by atoms with E-state index in [0.717, 1.165) is 0 Å². The number of hydrogen-bond donors (Lipinski definition) is 1. The second kappa shape index (κ2) is 6.24. The largest absolute Gasteiger partial charge is 0.455 e. The Bertz CT molecular complexity index is 958. The Hall–Kier alpha value is -2.53. The van der Waals surface area contributed by atoms with Crippen molar-refractivity contribution in [2.45, 2.75) is 39.2 Å². The molecule has 146 valence electrons. The van der Waals surface area contributed by atoms with Crippen LogP contribution in [0.4, 0.5) is 5.69 Å². The van der Waals surface area contributed by atoms with E-state index in [0.29, 0.717) is 35.1 Å². The molecular formula is C22H22ClNO4. The summed E-state index contributed by atoms with van der Waals surface area (Å²) in [5, 5.41) is 3.36. The van der Waals surface area contributed by atoms with Gasteiger partial charge in [-0.3, -0.25) is 9.59 Å². The number of para-hydroxylation sites is 1. The van der Waals surface area contributed by atoms with Gasteiger partial charge in [0.2, 0.25) is 0 Å². The van der Waals surface area contributed by atoms with Gasteiger partial charge in [0.1, 0.15) is 5.75 Å². The van der Waals surface area contributed by atoms with Crippen molar-refractivity contribution in [1.29, 1.82) is 0 Å². The highest BCUT2D eigenvalue weighted by molar-refractivity contribution is 6.31. The minimum absolute atomic E-state index is 0.314. The predicted molar refractivity (Wildman–Crippen MR) is 107 cm³/mol. The van der Waals surface area contributed by atoms with E-state index in [-0.39, 0.29) is 11.9 Å². The van der Waals surface area contributed by atoms with Gasteiger partial charge in [-0.2, -0.15) is 0 Å². The Morgan fingerprint density at radius 2 is 1.82 bits per heavy atom. The number of nitrogens with one attached hydrogen (secondary N) is 1. The number of halogens is 1. The van der Waals surface area contributed by atoms with Crippen molar-refractivity contribution in [3.63, 3.8) is 0 Å². The fourth-order valence-electron chi connectivity index (χ4n) is 4.27. The molecule has 1 N–H and O–H groups in total. The summed E-state index contributed by atoms with van der Waals surface area (Å²) in [5.41, 5.74) is -2.06. The fraction of sp³-hybridized carbons (Fsp3) is 0.364. The molecule has 2 fully saturated rings. The minimum Gasteiger partial charge on any atom is -0.455 e. The van der Waals surface area contributed by atoms with E-state index in [4.69, 9.17) is 21.1 Å². The van der Waals surface area contributed by atoms with Gasteiger partial charge in [-0.05, 0) is 50.1 Å². The monoisotopic (exact) mass is 399 g/mol. The number of anilines is 1. The van der Waals surface area contributed by atoms with Crippen molar-refractivity contribution in [2.75, 3.05) is 5.32 Å². The highest BCUT2D eigenvalue weighted by Crippen LogP contribution is 2.65. The standard InChI is InChI=1S/C22H22ClNO4/c1-20(2)21(3)11-12-22(20,28-19(21)26)18(25)24-16-13-14(23)9-10-17(16)27-15-7-5-4-6-8-15/h4-10,13H,11-12H2,1-3H3,(H,24,25)/t21-,22-/m0/s1. The number of benzene rings is 2. The zero-order valence-corrected chi connectivity index (χ0v) is 16.8. The molecule has 6 heteroatoms. The number of esters is 1. The number of rotatable bonds is 4. The third kappa shape index (κ3) is 2.53. The van der Waals surface area contributed by atoms with Crippen LogP contribution in [0.2, 0.25) is 5.02 Å². The van der Waals surface area contributed by atoms with Crippen LogP contribution in [-0.4, -0.2) is 17.5 Å². The number of hydrogen-bond acceptors (Lipinski definition) is 4. The number of amides is 1. The lowest BCUT2D eigenvalue weighted by atomic mass is 9.66. The molecule has 4 rings (SSSR count). The van der Waals surface area contributed by atoms with Crippen LogP contribution in [0.15, 0.2) is 48.5 Å². The third-order valence-electron chi connectivity index (χ3n) is 6.61. The van der Waals surface area contributed by atoms with Crippen LogP contribution in [0, 0.1) is 10.8 Å². The summed E-state index contributed by atoms with van der Waals surface area (Å²) in [7, 11) is 0. The van der Waals surface area contributed by atoms with E-state index < -0.39 is 16.4 Å². The Kier molecular flexibility index (Phi) is 4.19. The van der Waals surface area contributed by atoms with E-state index >= 15 is 0 Å². The molecule has 2 aromatic carbocycles. The first-order valence-electron chi connectivity index (χ1n) is 9.27. The molecule has 2 aliphatic rings. The lowest BCUT2D eigenvalue weighted by Crippen LogP contribution is -2.50. The molecule has 2 atom stereocenters. The lowest BCUT2D eigenvalue weighted by Gasteiger charge is -2.35. The maximum Gasteiger partial charge on any atom is 0.313 e. The van der Waals surface area contributed by atoms with Crippen LogP contribution in [-0.2, 0) is 14.3 Å². The van der Waals surface area contributed by atoms with Gasteiger partial charge in [0.25, 0.3) is 5.91 Å². The molecular weight excluding hydrogens is 378 g/mol. The topological polar surface area (TPSA) is 64.6 Å². The molecule has 2 aromatic rings. The van der Waals surface area contributed by atoms with E-state index in [9.17, 15) is 9.59 Å². The molecule has 0 spiro atoms. The molecule has 0 aromatic heterocycles. The van der Waals surface area contributed by atoms with Crippen LogP contribution in [0.5, 0.6) is 11.5 Å². The van der Waals surface area contributed by atoms with Crippen molar-refractivity contribution in [3.8, 4) is 11.5 Å². The van der Waals surface area contributed by atoms with E-state index in [1.165, 1.54) is 0 Å². The Morgan fingerprint density at radius 3 is 2.43 bits per heavy atom. The second-order valence-electron chi connectivity index (χ2n) is 8.18. The van der Waals surface area contributed by atoms with Gasteiger partial charge >= 0.3 is 5.97 Å². The van der Waals surface area contributed by atoms with Crippen molar-refractivity contribution in [1.82, 2.24) is 0 Å². The van der Waals surface area contributed by atoms with Gasteiger partial charge in [0, 0.05) is 10.4 Å². The summed E-state index contributed by atoms with van der Waals surface area (Å²) in [6, 6.07) is 14.3. The molecule has 1 amide bonds. The van der Waals surface area contributed by atoms with Crippen molar-refractivity contribution in [3.05, 3.63) is 53.6 Å². The molecule has 0 unspecified atom stereocenters.